The third kappa shape index (κ3) is 3.93. The molecule has 1 saturated heterocycles. The fraction of sp³-hybridized carbons (Fsp3) is 0.273. The normalized spacial score (nSPS) is 19.6. The van der Waals surface area contributed by atoms with Gasteiger partial charge in [-0.1, -0.05) is 28.0 Å². The van der Waals surface area contributed by atoms with Gasteiger partial charge in [-0.3, -0.25) is 14.6 Å². The highest BCUT2D eigenvalue weighted by Crippen LogP contribution is 2.33. The Kier molecular flexibility index (Phi) is 5.29. The number of benzene rings is 2. The van der Waals surface area contributed by atoms with Crippen molar-refractivity contribution in [3.05, 3.63) is 59.4 Å². The van der Waals surface area contributed by atoms with Crippen LogP contribution in [0.2, 0.25) is 5.02 Å². The number of nitrogens with zero attached hydrogens (tertiary/aromatic N) is 6. The van der Waals surface area contributed by atoms with E-state index in [1.54, 1.807) is 24.3 Å². The molecule has 0 saturated carbocycles. The van der Waals surface area contributed by atoms with Crippen molar-refractivity contribution < 1.29 is 18.8 Å². The molecule has 2 aliphatic heterocycles. The number of aromatic nitrogens is 2. The maximum Gasteiger partial charge on any atom is 0.263 e. The molecule has 33 heavy (non-hydrogen) atoms. The zero-order valence-corrected chi connectivity index (χ0v) is 18.5. The zero-order valence-electron chi connectivity index (χ0n) is 17.8. The second kappa shape index (κ2) is 8.28. The van der Waals surface area contributed by atoms with Crippen LogP contribution in [0, 0.1) is 0 Å². The number of hydrogen-bond acceptors (Lipinski definition) is 9. The molecular weight excluding hydrogens is 448 g/mol. The summed E-state index contributed by atoms with van der Waals surface area (Å²) in [4.78, 5) is 31.4. The molecule has 2 aliphatic rings. The van der Waals surface area contributed by atoms with Crippen LogP contribution in [0.15, 0.2) is 63.4 Å². The number of ether oxygens (including phenoxy) is 1. The number of halogens is 1. The predicted molar refractivity (Wildman–Crippen MR) is 117 cm³/mol. The highest BCUT2D eigenvalue weighted by atomic mass is 35.5. The summed E-state index contributed by atoms with van der Waals surface area (Å²) >= 11 is 6.02. The molecular formula is C22H19ClN6O4. The van der Waals surface area contributed by atoms with Crippen LogP contribution in [0.3, 0.4) is 0 Å². The largest absolute Gasteiger partial charge is 0.491 e. The highest BCUT2D eigenvalue weighted by molar-refractivity contribution is 6.31. The summed E-state index contributed by atoms with van der Waals surface area (Å²) in [7, 11) is 0. The summed E-state index contributed by atoms with van der Waals surface area (Å²) < 4.78 is 11.0. The molecule has 168 valence electrons. The number of amides is 2. The van der Waals surface area contributed by atoms with E-state index >= 15 is 0 Å². The topological polar surface area (TPSA) is 113 Å². The van der Waals surface area contributed by atoms with E-state index < -0.39 is 23.9 Å². The van der Waals surface area contributed by atoms with E-state index in [2.05, 4.69) is 20.5 Å². The number of fused-ring (bicyclic) bond motifs is 1. The average molecular weight is 467 g/mol. The van der Waals surface area contributed by atoms with Gasteiger partial charge in [0.1, 0.15) is 12.3 Å². The molecule has 2 aromatic carbocycles. The fourth-order valence-electron chi connectivity index (χ4n) is 3.75. The fourth-order valence-corrected chi connectivity index (χ4v) is 3.94. The molecule has 2 amide bonds. The van der Waals surface area contributed by atoms with Crippen molar-refractivity contribution in [1.29, 1.82) is 0 Å². The van der Waals surface area contributed by atoms with Gasteiger partial charge in [-0.05, 0) is 56.3 Å². The molecule has 3 aromatic rings. The van der Waals surface area contributed by atoms with Crippen LogP contribution in [0.1, 0.15) is 19.7 Å². The van der Waals surface area contributed by atoms with Gasteiger partial charge in [0.2, 0.25) is 11.7 Å². The minimum Gasteiger partial charge on any atom is -0.491 e. The first-order valence-electron chi connectivity index (χ1n) is 10.3. The molecule has 3 heterocycles. The quantitative estimate of drug-likeness (QED) is 0.509. The Bertz CT molecular complexity index is 1240. The molecule has 0 bridgehead atoms. The van der Waals surface area contributed by atoms with Gasteiger partial charge in [-0.15, -0.1) is 0 Å². The van der Waals surface area contributed by atoms with E-state index in [0.717, 1.165) is 16.2 Å². The Morgan fingerprint density at radius 1 is 1.12 bits per heavy atom. The van der Waals surface area contributed by atoms with Crippen LogP contribution in [0.4, 0.5) is 5.69 Å². The van der Waals surface area contributed by atoms with Crippen molar-refractivity contribution in [2.45, 2.75) is 38.6 Å². The summed E-state index contributed by atoms with van der Waals surface area (Å²) in [6, 6.07) is 12.1. The molecule has 10 nitrogen and oxygen atoms in total. The van der Waals surface area contributed by atoms with Crippen LogP contribution in [-0.2, 0) is 16.1 Å². The van der Waals surface area contributed by atoms with Gasteiger partial charge >= 0.3 is 0 Å². The van der Waals surface area contributed by atoms with Gasteiger partial charge in [0, 0.05) is 10.6 Å². The number of carbonyl (C=O) groups is 2. The van der Waals surface area contributed by atoms with Gasteiger partial charge < -0.3 is 9.26 Å². The van der Waals surface area contributed by atoms with Gasteiger partial charge in [0.25, 0.3) is 11.8 Å². The summed E-state index contributed by atoms with van der Waals surface area (Å²) in [5.41, 5.74) is 1.15. The molecule has 0 spiro atoms. The Morgan fingerprint density at radius 2 is 1.91 bits per heavy atom. The molecule has 5 rings (SSSR count). The maximum absolute atomic E-state index is 13.1. The Morgan fingerprint density at radius 3 is 2.64 bits per heavy atom. The molecule has 1 fully saturated rings. The standard InChI is InChI=1S/C22H19ClN6O4/c1-12(2)32-16-8-6-13(7-9-16)20-24-17(33-26-20)11-28-19-18(25-27-28)21(30)29(22(19)31)15-5-3-4-14(23)10-15/h3-10,12,18-19H,11H2,1-2H3/t18-,19-/m0/s1. The van der Waals surface area contributed by atoms with Gasteiger partial charge in [0.05, 0.1) is 11.8 Å². The van der Waals surface area contributed by atoms with E-state index in [-0.39, 0.29) is 18.5 Å². The summed E-state index contributed by atoms with van der Waals surface area (Å²) in [5.74, 6) is 0.498. The Labute approximate surface area is 193 Å². The van der Waals surface area contributed by atoms with Crippen molar-refractivity contribution in [1.82, 2.24) is 15.1 Å². The SMILES string of the molecule is CC(C)Oc1ccc(-c2noc(CN3N=N[C@@H]4C(=O)N(c5cccc(Cl)c5)C(=O)[C@H]43)n2)cc1. The van der Waals surface area contributed by atoms with E-state index in [9.17, 15) is 9.59 Å². The van der Waals surface area contributed by atoms with Crippen LogP contribution < -0.4 is 9.64 Å². The van der Waals surface area contributed by atoms with E-state index in [1.165, 1.54) is 5.01 Å². The minimum absolute atomic E-state index is 0.0363. The Balaban J connectivity index is 1.31. The lowest BCUT2D eigenvalue weighted by Crippen LogP contribution is -2.39. The monoisotopic (exact) mass is 466 g/mol. The highest BCUT2D eigenvalue weighted by Gasteiger charge is 2.55. The molecule has 2 atom stereocenters. The summed E-state index contributed by atoms with van der Waals surface area (Å²) in [6.45, 7) is 3.95. The Hall–Kier alpha value is -3.79. The van der Waals surface area contributed by atoms with Crippen molar-refractivity contribution in [2.75, 3.05) is 4.90 Å². The summed E-state index contributed by atoms with van der Waals surface area (Å²) in [5, 5.41) is 13.8. The number of imide groups is 1. The number of carbonyl (C=O) groups excluding carboxylic acids is 2. The van der Waals surface area contributed by atoms with Crippen molar-refractivity contribution in [3.63, 3.8) is 0 Å². The third-order valence-corrected chi connectivity index (χ3v) is 5.41. The zero-order chi connectivity index (χ0) is 23.1. The first-order valence-corrected chi connectivity index (χ1v) is 10.7. The van der Waals surface area contributed by atoms with Crippen LogP contribution in [0.5, 0.6) is 5.75 Å². The van der Waals surface area contributed by atoms with Crippen molar-refractivity contribution in [2.24, 2.45) is 10.3 Å². The van der Waals surface area contributed by atoms with Gasteiger partial charge in [-0.25, -0.2) is 4.90 Å². The van der Waals surface area contributed by atoms with Crippen molar-refractivity contribution >= 4 is 29.1 Å². The van der Waals surface area contributed by atoms with E-state index in [4.69, 9.17) is 20.9 Å². The average Bonchev–Trinajstić information content (AvgIpc) is 3.47. The molecule has 0 aliphatic carbocycles. The minimum atomic E-state index is -0.924. The van der Waals surface area contributed by atoms with E-state index in [1.807, 2.05) is 38.1 Å². The molecule has 11 heteroatoms. The van der Waals surface area contributed by atoms with Crippen molar-refractivity contribution in [3.8, 4) is 17.1 Å². The predicted octanol–water partition coefficient (Wildman–Crippen LogP) is 3.67. The lowest BCUT2D eigenvalue weighted by molar-refractivity contribution is -0.123. The number of rotatable bonds is 6. The summed E-state index contributed by atoms with van der Waals surface area (Å²) in [6.07, 6.45) is 0.0751. The first kappa shape index (κ1) is 21.1. The molecule has 0 N–H and O–H groups in total. The first-order chi connectivity index (χ1) is 15.9. The lowest BCUT2D eigenvalue weighted by atomic mass is 10.1. The lowest BCUT2D eigenvalue weighted by Gasteiger charge is -2.19. The van der Waals surface area contributed by atoms with Gasteiger partial charge in [0.15, 0.2) is 12.1 Å². The van der Waals surface area contributed by atoms with Crippen LogP contribution in [-0.4, -0.2) is 45.2 Å². The smallest absolute Gasteiger partial charge is 0.263 e. The van der Waals surface area contributed by atoms with Crippen LogP contribution in [0.25, 0.3) is 11.4 Å². The third-order valence-electron chi connectivity index (χ3n) is 5.17. The van der Waals surface area contributed by atoms with E-state index in [0.29, 0.717) is 16.5 Å². The molecule has 0 unspecified atom stereocenters. The molecule has 1 aromatic heterocycles. The second-order valence-electron chi connectivity index (χ2n) is 7.89. The molecule has 0 radical (unpaired) electrons. The van der Waals surface area contributed by atoms with Gasteiger partial charge in [-0.2, -0.15) is 10.1 Å². The van der Waals surface area contributed by atoms with Crippen LogP contribution >= 0.6 is 11.6 Å². The maximum atomic E-state index is 13.1. The number of hydrogen-bond donors (Lipinski definition) is 0. The number of anilines is 1. The second-order valence-corrected chi connectivity index (χ2v) is 8.32.